The van der Waals surface area contributed by atoms with Gasteiger partial charge in [0.15, 0.2) is 0 Å². The highest BCUT2D eigenvalue weighted by Gasteiger charge is 2.38. The van der Waals surface area contributed by atoms with Crippen molar-refractivity contribution in [3.63, 3.8) is 0 Å². The van der Waals surface area contributed by atoms with Gasteiger partial charge >= 0.3 is 0 Å². The summed E-state index contributed by atoms with van der Waals surface area (Å²) in [7, 11) is 1.61. The van der Waals surface area contributed by atoms with Gasteiger partial charge in [-0.2, -0.15) is 4.31 Å². The van der Waals surface area contributed by atoms with E-state index < -0.39 is 16.1 Å². The van der Waals surface area contributed by atoms with E-state index in [1.54, 1.807) is 41.1 Å². The number of benzene rings is 1. The van der Waals surface area contributed by atoms with Gasteiger partial charge in [-0.25, -0.2) is 8.42 Å². The number of sulfonamides is 1. The second kappa shape index (κ2) is 8.37. The summed E-state index contributed by atoms with van der Waals surface area (Å²) in [5.41, 5.74) is 1.43. The highest BCUT2D eigenvalue weighted by Crippen LogP contribution is 2.27. The van der Waals surface area contributed by atoms with Gasteiger partial charge < -0.3 is 9.80 Å². The van der Waals surface area contributed by atoms with E-state index >= 15 is 0 Å². The highest BCUT2D eigenvalue weighted by molar-refractivity contribution is 7.88. The van der Waals surface area contributed by atoms with Gasteiger partial charge in [0, 0.05) is 32.0 Å². The minimum absolute atomic E-state index is 0.0146. The standard InChI is InChI=1S/C18H28N4O4S/c1-6-19(2)13-17(23)20(3)14-7-9-15(10-8-14)22-12-11-16(18(22)24)21(4)27(5,25)26/h7-10,16H,6,11-13H2,1-5H3. The Morgan fingerprint density at radius 3 is 2.30 bits per heavy atom. The zero-order chi connectivity index (χ0) is 20.4. The van der Waals surface area contributed by atoms with Gasteiger partial charge in [0.1, 0.15) is 6.04 Å². The van der Waals surface area contributed by atoms with E-state index in [4.69, 9.17) is 0 Å². The molecule has 0 bridgehead atoms. The van der Waals surface area contributed by atoms with Crippen molar-refractivity contribution in [3.8, 4) is 0 Å². The first kappa shape index (κ1) is 21.3. The molecule has 1 saturated heterocycles. The van der Waals surface area contributed by atoms with E-state index in [-0.39, 0.29) is 11.8 Å². The third-order valence-corrected chi connectivity index (χ3v) is 6.31. The third-order valence-electron chi connectivity index (χ3n) is 5.01. The smallest absolute Gasteiger partial charge is 0.245 e. The van der Waals surface area contributed by atoms with Crippen LogP contribution in [-0.2, 0) is 19.6 Å². The Bertz CT molecular complexity index is 794. The fourth-order valence-corrected chi connectivity index (χ4v) is 3.60. The van der Waals surface area contributed by atoms with Gasteiger partial charge in [0.05, 0.1) is 12.8 Å². The van der Waals surface area contributed by atoms with Crippen molar-refractivity contribution in [1.82, 2.24) is 9.21 Å². The van der Waals surface area contributed by atoms with Crippen LogP contribution in [0.25, 0.3) is 0 Å². The molecular formula is C18H28N4O4S. The molecule has 0 saturated carbocycles. The van der Waals surface area contributed by atoms with Crippen LogP contribution in [0.1, 0.15) is 13.3 Å². The Hall–Kier alpha value is -1.97. The minimum Gasteiger partial charge on any atom is -0.314 e. The number of carbonyl (C=O) groups excluding carboxylic acids is 2. The van der Waals surface area contributed by atoms with Crippen LogP contribution in [-0.4, -0.2) is 82.5 Å². The van der Waals surface area contributed by atoms with E-state index in [0.29, 0.717) is 25.2 Å². The maximum atomic E-state index is 12.6. The van der Waals surface area contributed by atoms with E-state index in [9.17, 15) is 18.0 Å². The van der Waals surface area contributed by atoms with Crippen molar-refractivity contribution in [2.24, 2.45) is 0 Å². The zero-order valence-corrected chi connectivity index (χ0v) is 17.4. The van der Waals surface area contributed by atoms with E-state index in [2.05, 4.69) is 0 Å². The Labute approximate surface area is 161 Å². The van der Waals surface area contributed by atoms with Crippen molar-refractivity contribution < 1.29 is 18.0 Å². The summed E-state index contributed by atoms with van der Waals surface area (Å²) in [6, 6.07) is 6.47. The molecule has 1 heterocycles. The monoisotopic (exact) mass is 396 g/mol. The first-order chi connectivity index (χ1) is 12.6. The van der Waals surface area contributed by atoms with Crippen LogP contribution in [0, 0.1) is 0 Å². The Kier molecular flexibility index (Phi) is 6.61. The Morgan fingerprint density at radius 1 is 1.19 bits per heavy atom. The molecule has 2 rings (SSSR count). The molecule has 1 unspecified atom stereocenters. The van der Waals surface area contributed by atoms with Gasteiger partial charge in [-0.1, -0.05) is 6.92 Å². The fourth-order valence-electron chi connectivity index (χ4n) is 2.94. The molecule has 9 heteroatoms. The second-order valence-electron chi connectivity index (χ2n) is 6.87. The molecule has 0 radical (unpaired) electrons. The van der Waals surface area contributed by atoms with Crippen LogP contribution in [0.15, 0.2) is 24.3 Å². The molecule has 0 N–H and O–H groups in total. The summed E-state index contributed by atoms with van der Waals surface area (Å²) in [6.45, 7) is 3.57. The number of anilines is 2. The molecule has 2 amide bonds. The van der Waals surface area contributed by atoms with Gasteiger partial charge in [0.25, 0.3) is 0 Å². The molecule has 0 spiro atoms. The SMILES string of the molecule is CCN(C)CC(=O)N(C)c1ccc(N2CCC(N(C)S(C)(=O)=O)C2=O)cc1. The molecule has 0 aliphatic carbocycles. The quantitative estimate of drug-likeness (QED) is 0.674. The summed E-state index contributed by atoms with van der Waals surface area (Å²) in [5.74, 6) is -0.246. The lowest BCUT2D eigenvalue weighted by Gasteiger charge is -2.23. The molecule has 1 aliphatic heterocycles. The van der Waals surface area contributed by atoms with Crippen molar-refractivity contribution in [1.29, 1.82) is 0 Å². The molecule has 1 aliphatic rings. The topological polar surface area (TPSA) is 81.2 Å². The zero-order valence-electron chi connectivity index (χ0n) is 16.5. The maximum absolute atomic E-state index is 12.6. The van der Waals surface area contributed by atoms with Crippen LogP contribution in [0.2, 0.25) is 0 Å². The predicted octanol–water partition coefficient (Wildman–Crippen LogP) is 0.598. The van der Waals surface area contributed by atoms with Crippen LogP contribution in [0.4, 0.5) is 11.4 Å². The molecule has 0 aromatic heterocycles. The first-order valence-corrected chi connectivity index (χ1v) is 10.7. The Balaban J connectivity index is 2.09. The summed E-state index contributed by atoms with van der Waals surface area (Å²) < 4.78 is 24.5. The van der Waals surface area contributed by atoms with Crippen LogP contribution < -0.4 is 9.80 Å². The number of hydrogen-bond donors (Lipinski definition) is 0. The summed E-state index contributed by atoms with van der Waals surface area (Å²) in [4.78, 5) is 30.0. The molecule has 1 atom stereocenters. The lowest BCUT2D eigenvalue weighted by molar-refractivity contribution is -0.120. The van der Waals surface area contributed by atoms with Crippen molar-refractivity contribution in [2.75, 3.05) is 56.8 Å². The Morgan fingerprint density at radius 2 is 1.78 bits per heavy atom. The van der Waals surface area contributed by atoms with Crippen molar-refractivity contribution in [2.45, 2.75) is 19.4 Å². The van der Waals surface area contributed by atoms with E-state index in [1.807, 2.05) is 18.9 Å². The molecule has 150 valence electrons. The molecular weight excluding hydrogens is 368 g/mol. The minimum atomic E-state index is -3.43. The number of likely N-dealkylation sites (N-methyl/N-ethyl adjacent to an activating group) is 3. The molecule has 8 nitrogen and oxygen atoms in total. The molecule has 27 heavy (non-hydrogen) atoms. The number of nitrogens with zero attached hydrogens (tertiary/aromatic N) is 4. The average Bonchev–Trinajstić information content (AvgIpc) is 3.00. The summed E-state index contributed by atoms with van der Waals surface area (Å²) in [6.07, 6.45) is 1.55. The molecule has 1 aromatic carbocycles. The lowest BCUT2D eigenvalue weighted by atomic mass is 10.2. The largest absolute Gasteiger partial charge is 0.314 e. The van der Waals surface area contributed by atoms with Gasteiger partial charge in [-0.15, -0.1) is 0 Å². The van der Waals surface area contributed by atoms with Crippen molar-refractivity contribution >= 4 is 33.2 Å². The second-order valence-corrected chi connectivity index (χ2v) is 8.92. The van der Waals surface area contributed by atoms with E-state index in [0.717, 1.165) is 22.8 Å². The average molecular weight is 397 g/mol. The number of rotatable bonds is 7. The third kappa shape index (κ3) is 4.85. The maximum Gasteiger partial charge on any atom is 0.245 e. The van der Waals surface area contributed by atoms with E-state index in [1.165, 1.54) is 7.05 Å². The first-order valence-electron chi connectivity index (χ1n) is 8.85. The lowest BCUT2D eigenvalue weighted by Crippen LogP contribution is -2.42. The summed E-state index contributed by atoms with van der Waals surface area (Å²) in [5, 5.41) is 0. The fraction of sp³-hybridized carbons (Fsp3) is 0.556. The van der Waals surface area contributed by atoms with Gasteiger partial charge in [-0.05, 0) is 44.3 Å². The molecule has 1 aromatic rings. The van der Waals surface area contributed by atoms with Gasteiger partial charge in [-0.3, -0.25) is 14.5 Å². The van der Waals surface area contributed by atoms with Gasteiger partial charge in [0.2, 0.25) is 21.8 Å². The molecule has 1 fully saturated rings. The normalized spacial score (nSPS) is 17.8. The van der Waals surface area contributed by atoms with Crippen LogP contribution >= 0.6 is 0 Å². The number of hydrogen-bond acceptors (Lipinski definition) is 5. The van der Waals surface area contributed by atoms with Crippen LogP contribution in [0.3, 0.4) is 0 Å². The van der Waals surface area contributed by atoms with Crippen molar-refractivity contribution in [3.05, 3.63) is 24.3 Å². The predicted molar refractivity (Wildman–Crippen MR) is 106 cm³/mol. The summed E-state index contributed by atoms with van der Waals surface area (Å²) >= 11 is 0. The number of carbonyl (C=O) groups is 2. The highest BCUT2D eigenvalue weighted by atomic mass is 32.2. The number of amides is 2. The van der Waals surface area contributed by atoms with Crippen LogP contribution in [0.5, 0.6) is 0 Å².